The lowest BCUT2D eigenvalue weighted by molar-refractivity contribution is -0.146. The molecule has 0 aliphatic carbocycles. The quantitative estimate of drug-likeness (QED) is 0.552. The molecule has 0 aromatic heterocycles. The van der Waals surface area contributed by atoms with Crippen LogP contribution in [0.25, 0.3) is 0 Å². The zero-order chi connectivity index (χ0) is 26.4. The number of halogens is 1. The van der Waals surface area contributed by atoms with Crippen LogP contribution in [0.1, 0.15) is 36.5 Å². The van der Waals surface area contributed by atoms with Gasteiger partial charge in [0.1, 0.15) is 18.6 Å². The third-order valence-electron chi connectivity index (χ3n) is 5.85. The number of methoxy groups -OCH3 is 2. The van der Waals surface area contributed by atoms with Crippen LogP contribution in [-0.2, 0) is 30.5 Å². The first-order valence-electron chi connectivity index (χ1n) is 11.2. The van der Waals surface area contributed by atoms with E-state index in [1.165, 1.54) is 19.1 Å². The minimum Gasteiger partial charge on any atom is -0.466 e. The molecule has 2 N–H and O–H groups in total. The van der Waals surface area contributed by atoms with E-state index in [9.17, 15) is 19.2 Å². The summed E-state index contributed by atoms with van der Waals surface area (Å²) in [5.74, 6) is -2.32. The largest absolute Gasteiger partial charge is 0.466 e. The van der Waals surface area contributed by atoms with Gasteiger partial charge in [0, 0.05) is 18.5 Å². The number of allylic oxidation sites excluding steroid dienone is 1. The van der Waals surface area contributed by atoms with Crippen molar-refractivity contribution in [1.29, 1.82) is 5.26 Å². The van der Waals surface area contributed by atoms with Crippen LogP contribution in [0, 0.1) is 11.3 Å². The molecule has 36 heavy (non-hydrogen) atoms. The predicted octanol–water partition coefficient (Wildman–Crippen LogP) is 3.83. The van der Waals surface area contributed by atoms with Crippen molar-refractivity contribution in [2.45, 2.75) is 32.5 Å². The highest BCUT2D eigenvalue weighted by atomic mass is 19.1. The summed E-state index contributed by atoms with van der Waals surface area (Å²) in [5, 5.41) is 9.21. The number of carbonyl (C=O) groups excluding carboxylic acids is 2. The van der Waals surface area contributed by atoms with Gasteiger partial charge in [-0.3, -0.25) is 0 Å². The number of hydrogen-bond donors (Lipinski definition) is 1. The number of alkyl halides is 1. The maximum atomic E-state index is 13.5. The van der Waals surface area contributed by atoms with Crippen molar-refractivity contribution < 1.29 is 28.2 Å². The molecule has 0 amide bonds. The summed E-state index contributed by atoms with van der Waals surface area (Å²) < 4.78 is 29.2. The summed E-state index contributed by atoms with van der Waals surface area (Å²) >= 11 is 0. The van der Waals surface area contributed by atoms with Crippen LogP contribution < -0.4 is 10.6 Å². The lowest BCUT2D eigenvalue weighted by Gasteiger charge is -2.37. The number of ether oxygens (including phenoxy) is 3. The first-order chi connectivity index (χ1) is 17.3. The Morgan fingerprint density at radius 2 is 1.83 bits per heavy atom. The van der Waals surface area contributed by atoms with Gasteiger partial charge in [0.25, 0.3) is 0 Å². The molecule has 2 aromatic rings. The molecule has 0 spiro atoms. The van der Waals surface area contributed by atoms with Gasteiger partial charge in [0.05, 0.1) is 42.4 Å². The number of esters is 2. The monoisotopic (exact) mass is 493 g/mol. The normalized spacial score (nSPS) is 16.4. The Labute approximate surface area is 209 Å². The SMILES string of the molecule is COCC(C)OC(=O)C1=C(N)N(c2cccc(CF)c2)C(C)=C(C(=O)OC)C1c1ccc(C#N)cc1. The number of nitrogens with two attached hydrogens (primary N) is 1. The molecule has 8 nitrogen and oxygen atoms in total. The second-order valence-corrected chi connectivity index (χ2v) is 8.27. The van der Waals surface area contributed by atoms with E-state index in [0.29, 0.717) is 28.1 Å². The molecular weight excluding hydrogens is 465 g/mol. The van der Waals surface area contributed by atoms with Crippen LogP contribution in [0.15, 0.2) is 71.2 Å². The van der Waals surface area contributed by atoms with Gasteiger partial charge in [-0.2, -0.15) is 5.26 Å². The fourth-order valence-electron chi connectivity index (χ4n) is 4.23. The maximum Gasteiger partial charge on any atom is 0.339 e. The molecule has 0 radical (unpaired) electrons. The van der Waals surface area contributed by atoms with E-state index in [4.69, 9.17) is 19.9 Å². The van der Waals surface area contributed by atoms with Crippen LogP contribution in [0.2, 0.25) is 0 Å². The van der Waals surface area contributed by atoms with E-state index in [2.05, 4.69) is 0 Å². The molecule has 0 saturated carbocycles. The van der Waals surface area contributed by atoms with Crippen molar-refractivity contribution in [2.75, 3.05) is 25.7 Å². The minimum atomic E-state index is -0.937. The van der Waals surface area contributed by atoms with Crippen molar-refractivity contribution >= 4 is 17.6 Å². The Bertz CT molecular complexity index is 1250. The van der Waals surface area contributed by atoms with Crippen molar-refractivity contribution in [2.24, 2.45) is 5.73 Å². The first kappa shape index (κ1) is 26.4. The van der Waals surface area contributed by atoms with Crippen molar-refractivity contribution in [3.05, 3.63) is 87.9 Å². The molecule has 1 aliphatic heterocycles. The lowest BCUT2D eigenvalue weighted by atomic mass is 9.80. The van der Waals surface area contributed by atoms with Gasteiger partial charge >= 0.3 is 11.9 Å². The number of anilines is 1. The predicted molar refractivity (Wildman–Crippen MR) is 131 cm³/mol. The highest BCUT2D eigenvalue weighted by Crippen LogP contribution is 2.43. The molecule has 188 valence electrons. The highest BCUT2D eigenvalue weighted by molar-refractivity contribution is 6.01. The highest BCUT2D eigenvalue weighted by Gasteiger charge is 2.42. The lowest BCUT2D eigenvalue weighted by Crippen LogP contribution is -2.40. The molecule has 2 atom stereocenters. The molecule has 2 unspecified atom stereocenters. The van der Waals surface area contributed by atoms with E-state index in [-0.39, 0.29) is 23.6 Å². The summed E-state index contributed by atoms with van der Waals surface area (Å²) in [4.78, 5) is 28.2. The molecule has 0 fully saturated rings. The van der Waals surface area contributed by atoms with E-state index in [1.54, 1.807) is 62.4 Å². The minimum absolute atomic E-state index is 0.0133. The van der Waals surface area contributed by atoms with E-state index >= 15 is 0 Å². The van der Waals surface area contributed by atoms with Crippen LogP contribution in [-0.4, -0.2) is 38.9 Å². The Morgan fingerprint density at radius 1 is 1.14 bits per heavy atom. The standard InChI is InChI=1S/C27H28FN3O5/c1-16(15-34-3)36-27(33)24-23(20-10-8-18(14-29)9-11-20)22(26(32)35-4)17(2)31(25(24)30)21-7-5-6-19(12-21)13-28/h5-12,16,23H,13,15,30H2,1-4H3. The summed E-state index contributed by atoms with van der Waals surface area (Å²) in [5.41, 5.74) is 9.02. The van der Waals surface area contributed by atoms with Gasteiger partial charge in [0.15, 0.2) is 0 Å². The Kier molecular flexibility index (Phi) is 8.46. The topological polar surface area (TPSA) is 115 Å². The Hall–Kier alpha value is -4.16. The molecule has 0 bridgehead atoms. The van der Waals surface area contributed by atoms with Gasteiger partial charge in [-0.25, -0.2) is 14.0 Å². The average Bonchev–Trinajstić information content (AvgIpc) is 2.88. The summed E-state index contributed by atoms with van der Waals surface area (Å²) in [6.45, 7) is 2.80. The van der Waals surface area contributed by atoms with Gasteiger partial charge in [0.2, 0.25) is 0 Å². The first-order valence-corrected chi connectivity index (χ1v) is 11.2. The molecule has 1 aliphatic rings. The van der Waals surface area contributed by atoms with Crippen LogP contribution in [0.5, 0.6) is 0 Å². The van der Waals surface area contributed by atoms with Crippen molar-refractivity contribution in [1.82, 2.24) is 0 Å². The van der Waals surface area contributed by atoms with Crippen LogP contribution in [0.4, 0.5) is 10.1 Å². The Balaban J connectivity index is 2.29. The fraction of sp³-hybridized carbons (Fsp3) is 0.296. The smallest absolute Gasteiger partial charge is 0.339 e. The molecule has 3 rings (SSSR count). The van der Waals surface area contributed by atoms with Crippen LogP contribution >= 0.6 is 0 Å². The zero-order valence-corrected chi connectivity index (χ0v) is 20.6. The van der Waals surface area contributed by atoms with Crippen molar-refractivity contribution in [3.8, 4) is 6.07 Å². The number of hydrogen-bond acceptors (Lipinski definition) is 8. The van der Waals surface area contributed by atoms with Gasteiger partial charge < -0.3 is 24.8 Å². The van der Waals surface area contributed by atoms with E-state index in [1.807, 2.05) is 6.07 Å². The second-order valence-electron chi connectivity index (χ2n) is 8.27. The Morgan fingerprint density at radius 3 is 2.42 bits per heavy atom. The van der Waals surface area contributed by atoms with E-state index < -0.39 is 30.6 Å². The zero-order valence-electron chi connectivity index (χ0n) is 20.6. The van der Waals surface area contributed by atoms with Crippen LogP contribution in [0.3, 0.4) is 0 Å². The summed E-state index contributed by atoms with van der Waals surface area (Å²) in [7, 11) is 2.73. The maximum absolute atomic E-state index is 13.5. The number of nitriles is 1. The summed E-state index contributed by atoms with van der Waals surface area (Å²) in [6.07, 6.45) is -0.596. The number of carbonyl (C=O) groups is 2. The number of rotatable bonds is 8. The molecule has 1 heterocycles. The number of benzene rings is 2. The molecule has 2 aromatic carbocycles. The van der Waals surface area contributed by atoms with Gasteiger partial charge in [-0.15, -0.1) is 0 Å². The third-order valence-corrected chi connectivity index (χ3v) is 5.85. The second kappa shape index (κ2) is 11.5. The van der Waals surface area contributed by atoms with E-state index in [0.717, 1.165) is 0 Å². The van der Waals surface area contributed by atoms with Gasteiger partial charge in [-0.1, -0.05) is 24.3 Å². The van der Waals surface area contributed by atoms with Crippen molar-refractivity contribution in [3.63, 3.8) is 0 Å². The molecular formula is C27H28FN3O5. The fourth-order valence-corrected chi connectivity index (χ4v) is 4.23. The number of nitrogens with zero attached hydrogens (tertiary/aromatic N) is 2. The summed E-state index contributed by atoms with van der Waals surface area (Å²) in [6, 6.07) is 15.1. The molecule has 0 saturated heterocycles. The average molecular weight is 494 g/mol. The molecule has 9 heteroatoms. The van der Waals surface area contributed by atoms with Gasteiger partial charge in [-0.05, 0) is 49.2 Å². The third kappa shape index (κ3) is 5.24.